The van der Waals surface area contributed by atoms with Gasteiger partial charge in [-0.3, -0.25) is 14.5 Å². The minimum atomic E-state index is -0.478. The van der Waals surface area contributed by atoms with Gasteiger partial charge in [0.05, 0.1) is 17.4 Å². The molecule has 3 aromatic carbocycles. The standard InChI is InChI=1S/C30H31N3O2/c1-4-28(35)33-26-13-9-8-12-24(26)31-25-18-22(20-10-6-5-7-11-20)19-27(34)29(25)30(33)21-14-16-23(17-15-21)32(2)3/h5-17,22,30-31H,4,18-19H2,1-3H3/t22-,30-/m1/s1. The van der Waals surface area contributed by atoms with Gasteiger partial charge in [0.2, 0.25) is 5.91 Å². The Morgan fingerprint density at radius 2 is 1.60 bits per heavy atom. The first kappa shape index (κ1) is 22.9. The lowest BCUT2D eigenvalue weighted by Gasteiger charge is -2.35. The monoisotopic (exact) mass is 465 g/mol. The molecular weight excluding hydrogens is 434 g/mol. The van der Waals surface area contributed by atoms with Crippen molar-refractivity contribution in [2.75, 3.05) is 29.2 Å². The first-order chi connectivity index (χ1) is 17.0. The van der Waals surface area contributed by atoms with Gasteiger partial charge in [-0.1, -0.05) is 61.5 Å². The molecule has 0 spiro atoms. The lowest BCUT2D eigenvalue weighted by molar-refractivity contribution is -0.119. The zero-order valence-electron chi connectivity index (χ0n) is 20.5. The van der Waals surface area contributed by atoms with Crippen LogP contribution in [0.1, 0.15) is 49.3 Å². The van der Waals surface area contributed by atoms with Gasteiger partial charge in [-0.2, -0.15) is 0 Å². The molecule has 2 atom stereocenters. The van der Waals surface area contributed by atoms with E-state index in [4.69, 9.17) is 0 Å². The highest BCUT2D eigenvalue weighted by Crippen LogP contribution is 2.47. The summed E-state index contributed by atoms with van der Waals surface area (Å²) in [6, 6.07) is 25.8. The lowest BCUT2D eigenvalue weighted by Crippen LogP contribution is -2.38. The molecule has 1 aliphatic heterocycles. The maximum Gasteiger partial charge on any atom is 0.227 e. The van der Waals surface area contributed by atoms with Crippen LogP contribution >= 0.6 is 0 Å². The topological polar surface area (TPSA) is 52.7 Å². The fourth-order valence-electron chi connectivity index (χ4n) is 5.27. The summed E-state index contributed by atoms with van der Waals surface area (Å²) in [6.07, 6.45) is 1.51. The van der Waals surface area contributed by atoms with Crippen LogP contribution in [0.5, 0.6) is 0 Å². The van der Waals surface area contributed by atoms with E-state index in [2.05, 4.69) is 29.6 Å². The normalized spacial score (nSPS) is 19.4. The van der Waals surface area contributed by atoms with Gasteiger partial charge in [0.1, 0.15) is 0 Å². The molecule has 5 rings (SSSR count). The maximum absolute atomic E-state index is 13.9. The third kappa shape index (κ3) is 4.23. The summed E-state index contributed by atoms with van der Waals surface area (Å²) in [5, 5.41) is 3.59. The van der Waals surface area contributed by atoms with E-state index < -0.39 is 6.04 Å². The van der Waals surface area contributed by atoms with E-state index in [0.29, 0.717) is 18.4 Å². The van der Waals surface area contributed by atoms with Crippen molar-refractivity contribution in [2.24, 2.45) is 0 Å². The number of Topliss-reactive ketones (excluding diaryl/α,β-unsaturated/α-hetero) is 1. The number of nitrogens with zero attached hydrogens (tertiary/aromatic N) is 2. The maximum atomic E-state index is 13.9. The molecule has 1 N–H and O–H groups in total. The summed E-state index contributed by atoms with van der Waals surface area (Å²) in [5.74, 6) is 0.191. The number of anilines is 3. The molecule has 0 saturated heterocycles. The van der Waals surface area contributed by atoms with Gasteiger partial charge in [0, 0.05) is 43.9 Å². The number of carbonyl (C=O) groups excluding carboxylic acids is 2. The molecule has 1 heterocycles. The summed E-state index contributed by atoms with van der Waals surface area (Å²) in [4.78, 5) is 31.2. The fraction of sp³-hybridized carbons (Fsp3) is 0.267. The predicted octanol–water partition coefficient (Wildman–Crippen LogP) is 6.06. The van der Waals surface area contributed by atoms with Crippen LogP contribution in [0.25, 0.3) is 0 Å². The number of carbonyl (C=O) groups is 2. The number of allylic oxidation sites excluding steroid dienone is 1. The average Bonchev–Trinajstić information content (AvgIpc) is 3.03. The van der Waals surface area contributed by atoms with Crippen LogP contribution in [0, 0.1) is 0 Å². The van der Waals surface area contributed by atoms with Crippen LogP contribution < -0.4 is 15.1 Å². The summed E-state index contributed by atoms with van der Waals surface area (Å²) in [7, 11) is 4.01. The van der Waals surface area contributed by atoms with Crippen molar-refractivity contribution in [3.63, 3.8) is 0 Å². The van der Waals surface area contributed by atoms with Crippen LogP contribution in [-0.2, 0) is 9.59 Å². The molecule has 5 heteroatoms. The largest absolute Gasteiger partial charge is 0.378 e. The Hall–Kier alpha value is -3.86. The number of fused-ring (bicyclic) bond motifs is 1. The van der Waals surface area contributed by atoms with Gasteiger partial charge in [0.15, 0.2) is 5.78 Å². The molecule has 2 aliphatic rings. The van der Waals surface area contributed by atoms with E-state index in [1.807, 2.05) is 85.4 Å². The first-order valence-corrected chi connectivity index (χ1v) is 12.2. The van der Waals surface area contributed by atoms with Crippen LogP contribution in [0.3, 0.4) is 0 Å². The number of hydrogen-bond donors (Lipinski definition) is 1. The van der Waals surface area contributed by atoms with Gasteiger partial charge in [0.25, 0.3) is 0 Å². The quantitative estimate of drug-likeness (QED) is 0.509. The number of para-hydroxylation sites is 2. The van der Waals surface area contributed by atoms with Crippen molar-refractivity contribution in [3.8, 4) is 0 Å². The highest BCUT2D eigenvalue weighted by atomic mass is 16.2. The van der Waals surface area contributed by atoms with Crippen molar-refractivity contribution < 1.29 is 9.59 Å². The number of ketones is 1. The Bertz CT molecular complexity index is 1280. The second-order valence-electron chi connectivity index (χ2n) is 9.48. The summed E-state index contributed by atoms with van der Waals surface area (Å²) >= 11 is 0. The fourth-order valence-corrected chi connectivity index (χ4v) is 5.27. The number of hydrogen-bond acceptors (Lipinski definition) is 4. The van der Waals surface area contributed by atoms with Crippen LogP contribution in [0.4, 0.5) is 17.1 Å². The second kappa shape index (κ2) is 9.41. The number of amides is 1. The van der Waals surface area contributed by atoms with E-state index in [0.717, 1.165) is 34.7 Å². The number of rotatable bonds is 4. The van der Waals surface area contributed by atoms with E-state index in [1.165, 1.54) is 5.56 Å². The van der Waals surface area contributed by atoms with Crippen molar-refractivity contribution in [1.82, 2.24) is 0 Å². The van der Waals surface area contributed by atoms with E-state index in [9.17, 15) is 9.59 Å². The lowest BCUT2D eigenvalue weighted by atomic mass is 9.78. The van der Waals surface area contributed by atoms with E-state index in [1.54, 1.807) is 0 Å². The molecule has 5 nitrogen and oxygen atoms in total. The summed E-state index contributed by atoms with van der Waals surface area (Å²) < 4.78 is 0. The molecule has 0 unspecified atom stereocenters. The van der Waals surface area contributed by atoms with Crippen LogP contribution in [0.15, 0.2) is 90.1 Å². The Morgan fingerprint density at radius 1 is 0.914 bits per heavy atom. The highest BCUT2D eigenvalue weighted by Gasteiger charge is 2.41. The third-order valence-corrected chi connectivity index (χ3v) is 7.06. The Kier molecular flexibility index (Phi) is 6.16. The van der Waals surface area contributed by atoms with E-state index >= 15 is 0 Å². The molecular formula is C30H31N3O2. The van der Waals surface area contributed by atoms with Gasteiger partial charge in [-0.15, -0.1) is 0 Å². The number of nitrogens with one attached hydrogen (secondary N) is 1. The number of benzene rings is 3. The predicted molar refractivity (Wildman–Crippen MR) is 142 cm³/mol. The smallest absolute Gasteiger partial charge is 0.227 e. The SMILES string of the molecule is CCC(=O)N1c2ccccc2NC2=C(C(=O)C[C@H](c3ccccc3)C2)[C@H]1c1ccc(N(C)C)cc1. The van der Waals surface area contributed by atoms with Gasteiger partial charge in [-0.05, 0) is 47.7 Å². The molecule has 0 fully saturated rings. The molecule has 0 bridgehead atoms. The minimum absolute atomic E-state index is 0.00679. The molecule has 0 radical (unpaired) electrons. The van der Waals surface area contributed by atoms with Gasteiger partial charge in [-0.25, -0.2) is 0 Å². The summed E-state index contributed by atoms with van der Waals surface area (Å²) in [5.41, 5.74) is 6.45. The highest BCUT2D eigenvalue weighted by molar-refractivity contribution is 6.06. The van der Waals surface area contributed by atoms with Crippen molar-refractivity contribution in [3.05, 3.63) is 101 Å². The van der Waals surface area contributed by atoms with Crippen molar-refractivity contribution >= 4 is 28.8 Å². The van der Waals surface area contributed by atoms with Crippen LogP contribution in [-0.4, -0.2) is 25.8 Å². The van der Waals surface area contributed by atoms with E-state index in [-0.39, 0.29) is 17.6 Å². The molecule has 0 saturated carbocycles. The average molecular weight is 466 g/mol. The molecule has 0 aromatic heterocycles. The second-order valence-corrected chi connectivity index (χ2v) is 9.48. The molecule has 1 amide bonds. The molecule has 3 aromatic rings. The molecule has 178 valence electrons. The van der Waals surface area contributed by atoms with Crippen molar-refractivity contribution in [2.45, 2.75) is 38.1 Å². The third-order valence-electron chi connectivity index (χ3n) is 7.06. The van der Waals surface area contributed by atoms with Crippen molar-refractivity contribution in [1.29, 1.82) is 0 Å². The minimum Gasteiger partial charge on any atom is -0.378 e. The Balaban J connectivity index is 1.70. The van der Waals surface area contributed by atoms with Gasteiger partial charge >= 0.3 is 0 Å². The van der Waals surface area contributed by atoms with Crippen LogP contribution in [0.2, 0.25) is 0 Å². The summed E-state index contributed by atoms with van der Waals surface area (Å²) in [6.45, 7) is 1.87. The molecule has 1 aliphatic carbocycles. The zero-order valence-corrected chi connectivity index (χ0v) is 20.5. The van der Waals surface area contributed by atoms with Gasteiger partial charge < -0.3 is 10.2 Å². The zero-order chi connectivity index (χ0) is 24.5. The first-order valence-electron chi connectivity index (χ1n) is 12.2. The Morgan fingerprint density at radius 3 is 2.29 bits per heavy atom. The molecule has 35 heavy (non-hydrogen) atoms. The Labute approximate surface area is 207 Å².